The van der Waals surface area contributed by atoms with Crippen molar-refractivity contribution in [2.45, 2.75) is 45.5 Å². The molecule has 4 N–H and O–H groups in total. The molecule has 0 bridgehead atoms. The minimum atomic E-state index is -2.87. The molecule has 1 aliphatic rings. The smallest absolute Gasteiger partial charge is 0.387 e. The molecule has 0 saturated carbocycles. The number of benzene rings is 2. The predicted molar refractivity (Wildman–Crippen MR) is 109 cm³/mol. The van der Waals surface area contributed by atoms with Gasteiger partial charge in [-0.15, -0.1) is 0 Å². The highest BCUT2D eigenvalue weighted by Gasteiger charge is 2.36. The van der Waals surface area contributed by atoms with E-state index in [-0.39, 0.29) is 29.9 Å². The molecule has 1 aliphatic heterocycles. The first-order chi connectivity index (χ1) is 13.8. The first-order valence-electron chi connectivity index (χ1n) is 9.58. The van der Waals surface area contributed by atoms with Crippen LogP contribution >= 0.6 is 0 Å². The molecule has 2 aromatic rings. The number of halogens is 2. The van der Waals surface area contributed by atoms with E-state index in [2.05, 4.69) is 20.3 Å². The zero-order chi connectivity index (χ0) is 21.1. The van der Waals surface area contributed by atoms with Crippen molar-refractivity contribution in [2.75, 3.05) is 16.8 Å². The van der Waals surface area contributed by atoms with Crippen LogP contribution in [0.15, 0.2) is 42.5 Å². The summed E-state index contributed by atoms with van der Waals surface area (Å²) in [6, 6.07) is 11.7. The maximum absolute atomic E-state index is 12.6. The van der Waals surface area contributed by atoms with Crippen LogP contribution in [0, 0.1) is 0 Å². The lowest BCUT2D eigenvalue weighted by Gasteiger charge is -2.28. The molecule has 6 nitrogen and oxygen atoms in total. The number of anilines is 2. The number of rotatable bonds is 6. The summed E-state index contributed by atoms with van der Waals surface area (Å²) in [6.07, 6.45) is 0. The predicted octanol–water partition coefficient (Wildman–Crippen LogP) is 4.40. The van der Waals surface area contributed by atoms with Gasteiger partial charge in [0.2, 0.25) is 0 Å². The third kappa shape index (κ3) is 4.59. The molecular formula is C21H26F2N4O2. The molecule has 29 heavy (non-hydrogen) atoms. The van der Waals surface area contributed by atoms with Gasteiger partial charge in [0, 0.05) is 30.0 Å². The molecule has 2 unspecified atom stereocenters. The zero-order valence-electron chi connectivity index (χ0n) is 16.7. The maximum Gasteiger partial charge on any atom is 0.387 e. The Kier molecular flexibility index (Phi) is 6.22. The molecule has 1 heterocycles. The molecule has 2 aromatic carbocycles. The molecule has 8 heteroatoms. The van der Waals surface area contributed by atoms with Gasteiger partial charge in [-0.2, -0.15) is 8.78 Å². The second kappa shape index (κ2) is 8.65. The van der Waals surface area contributed by atoms with E-state index in [4.69, 9.17) is 5.73 Å². The van der Waals surface area contributed by atoms with Crippen LogP contribution in [-0.2, 0) is 0 Å². The van der Waals surface area contributed by atoms with Crippen LogP contribution in [0.1, 0.15) is 44.0 Å². The number of urea groups is 1. The van der Waals surface area contributed by atoms with Gasteiger partial charge in [-0.25, -0.2) is 4.79 Å². The normalized spacial score (nSPS) is 18.1. The van der Waals surface area contributed by atoms with Crippen LogP contribution in [0.4, 0.5) is 25.0 Å². The van der Waals surface area contributed by atoms with Gasteiger partial charge in [-0.05, 0) is 50.1 Å². The Hall–Kier alpha value is -2.87. The summed E-state index contributed by atoms with van der Waals surface area (Å²) in [5.41, 5.74) is 9.83. The van der Waals surface area contributed by atoms with Gasteiger partial charge in [0.25, 0.3) is 0 Å². The summed E-state index contributed by atoms with van der Waals surface area (Å²) >= 11 is 0. The quantitative estimate of drug-likeness (QED) is 0.667. The fourth-order valence-electron chi connectivity index (χ4n) is 3.69. The number of nitrogens with two attached hydrogens (primary N) is 1. The SMILES string of the molecule is CCN1c2cc(OC(F)F)ccc2C(N)C1c1ccc(NC(=O)NC(C)C)cc1. The fourth-order valence-corrected chi connectivity index (χ4v) is 3.69. The number of nitrogens with one attached hydrogen (secondary N) is 2. The average molecular weight is 404 g/mol. The first kappa shape index (κ1) is 20.9. The van der Waals surface area contributed by atoms with E-state index in [9.17, 15) is 13.6 Å². The minimum absolute atomic E-state index is 0.0429. The van der Waals surface area contributed by atoms with E-state index in [1.54, 1.807) is 12.1 Å². The first-order valence-corrected chi connectivity index (χ1v) is 9.58. The third-order valence-corrected chi connectivity index (χ3v) is 4.84. The number of amides is 2. The second-order valence-electron chi connectivity index (χ2n) is 7.23. The number of hydrogen-bond acceptors (Lipinski definition) is 4. The van der Waals surface area contributed by atoms with Crippen molar-refractivity contribution in [2.24, 2.45) is 5.73 Å². The van der Waals surface area contributed by atoms with Crippen LogP contribution in [0.25, 0.3) is 0 Å². The fraction of sp³-hybridized carbons (Fsp3) is 0.381. The van der Waals surface area contributed by atoms with E-state index in [0.29, 0.717) is 12.2 Å². The van der Waals surface area contributed by atoms with Crippen molar-refractivity contribution in [3.8, 4) is 5.75 Å². The minimum Gasteiger partial charge on any atom is -0.435 e. The number of likely N-dealkylation sites (N-methyl/N-ethyl adjacent to an activating group) is 1. The van der Waals surface area contributed by atoms with Crippen LogP contribution in [0.3, 0.4) is 0 Å². The Balaban J connectivity index is 1.82. The number of fused-ring (bicyclic) bond motifs is 1. The van der Waals surface area contributed by atoms with E-state index < -0.39 is 6.61 Å². The summed E-state index contributed by atoms with van der Waals surface area (Å²) in [5.74, 6) is 0.112. The molecule has 0 saturated heterocycles. The second-order valence-corrected chi connectivity index (χ2v) is 7.23. The molecule has 0 radical (unpaired) electrons. The number of alkyl halides is 2. The lowest BCUT2D eigenvalue weighted by atomic mass is 9.97. The highest BCUT2D eigenvalue weighted by atomic mass is 19.3. The summed E-state index contributed by atoms with van der Waals surface area (Å²) in [4.78, 5) is 13.9. The average Bonchev–Trinajstić information content (AvgIpc) is 2.92. The molecule has 0 aliphatic carbocycles. The van der Waals surface area contributed by atoms with Gasteiger partial charge in [-0.1, -0.05) is 18.2 Å². The summed E-state index contributed by atoms with van der Waals surface area (Å²) < 4.78 is 29.7. The van der Waals surface area contributed by atoms with Crippen molar-refractivity contribution in [1.29, 1.82) is 0 Å². The highest BCUT2D eigenvalue weighted by molar-refractivity contribution is 5.89. The summed E-state index contributed by atoms with van der Waals surface area (Å²) in [6.45, 7) is 3.54. The topological polar surface area (TPSA) is 79.6 Å². The monoisotopic (exact) mass is 404 g/mol. The molecule has 0 spiro atoms. The van der Waals surface area contributed by atoms with Gasteiger partial charge in [-0.3, -0.25) is 0 Å². The molecule has 156 valence electrons. The van der Waals surface area contributed by atoms with Crippen molar-refractivity contribution >= 4 is 17.4 Å². The Morgan fingerprint density at radius 2 is 1.90 bits per heavy atom. The van der Waals surface area contributed by atoms with Crippen molar-refractivity contribution in [3.63, 3.8) is 0 Å². The maximum atomic E-state index is 12.6. The van der Waals surface area contributed by atoms with Gasteiger partial charge in [0.1, 0.15) is 5.75 Å². The lowest BCUT2D eigenvalue weighted by molar-refractivity contribution is -0.0498. The van der Waals surface area contributed by atoms with Crippen LogP contribution in [-0.4, -0.2) is 25.2 Å². The highest BCUT2D eigenvalue weighted by Crippen LogP contribution is 2.47. The number of carbonyl (C=O) groups is 1. The number of hydrogen-bond donors (Lipinski definition) is 3. The molecular weight excluding hydrogens is 378 g/mol. The molecule has 0 aromatic heterocycles. The number of carbonyl (C=O) groups excluding carboxylic acids is 1. The zero-order valence-corrected chi connectivity index (χ0v) is 16.7. The lowest BCUT2D eigenvalue weighted by Crippen LogP contribution is -2.34. The molecule has 2 atom stereocenters. The molecule has 3 rings (SSSR count). The Morgan fingerprint density at radius 1 is 1.21 bits per heavy atom. The van der Waals surface area contributed by atoms with Crippen LogP contribution in [0.2, 0.25) is 0 Å². The largest absolute Gasteiger partial charge is 0.435 e. The number of ether oxygens (including phenoxy) is 1. The van der Waals surface area contributed by atoms with E-state index >= 15 is 0 Å². The van der Waals surface area contributed by atoms with Crippen molar-refractivity contribution in [3.05, 3.63) is 53.6 Å². The third-order valence-electron chi connectivity index (χ3n) is 4.84. The van der Waals surface area contributed by atoms with E-state index in [1.807, 2.05) is 45.0 Å². The Bertz CT molecular complexity index is 858. The van der Waals surface area contributed by atoms with Crippen LogP contribution in [0.5, 0.6) is 5.75 Å². The molecule has 2 amide bonds. The van der Waals surface area contributed by atoms with Crippen molar-refractivity contribution in [1.82, 2.24) is 5.32 Å². The number of nitrogens with zero attached hydrogens (tertiary/aromatic N) is 1. The molecule has 0 fully saturated rings. The van der Waals surface area contributed by atoms with Gasteiger partial charge in [0.15, 0.2) is 0 Å². The summed E-state index contributed by atoms with van der Waals surface area (Å²) in [7, 11) is 0. The van der Waals surface area contributed by atoms with Gasteiger partial charge < -0.3 is 26.0 Å². The van der Waals surface area contributed by atoms with Gasteiger partial charge in [0.05, 0.1) is 12.1 Å². The Labute approximate surface area is 169 Å². The summed E-state index contributed by atoms with van der Waals surface area (Å²) in [5, 5.41) is 5.56. The van der Waals surface area contributed by atoms with E-state index in [1.165, 1.54) is 6.07 Å². The standard InChI is InChI=1S/C21H26F2N4O2/c1-4-27-17-11-15(29-20(22)23)9-10-16(17)18(24)19(27)13-5-7-14(8-6-13)26-21(28)25-12(2)3/h5-12,18-20H,4,24H2,1-3H3,(H2,25,26,28). The van der Waals surface area contributed by atoms with Crippen molar-refractivity contribution < 1.29 is 18.3 Å². The Morgan fingerprint density at radius 3 is 2.48 bits per heavy atom. The van der Waals surface area contributed by atoms with Crippen LogP contribution < -0.4 is 26.0 Å². The van der Waals surface area contributed by atoms with E-state index in [0.717, 1.165) is 16.8 Å². The van der Waals surface area contributed by atoms with Gasteiger partial charge >= 0.3 is 12.6 Å².